The normalized spacial score (nSPS) is 16.3. The first-order valence-corrected chi connectivity index (χ1v) is 9.66. The van der Waals surface area contributed by atoms with Gasteiger partial charge in [0.25, 0.3) is 11.7 Å². The zero-order valence-electron chi connectivity index (χ0n) is 16.5. The highest BCUT2D eigenvalue weighted by Crippen LogP contribution is 2.22. The van der Waals surface area contributed by atoms with Crippen molar-refractivity contribution in [2.45, 2.75) is 26.2 Å². The van der Waals surface area contributed by atoms with E-state index >= 15 is 0 Å². The fourth-order valence-corrected chi connectivity index (χ4v) is 3.71. The third kappa shape index (κ3) is 4.11. The molecule has 1 saturated heterocycles. The molecule has 3 heterocycles. The lowest BCUT2D eigenvalue weighted by molar-refractivity contribution is -0.139. The van der Waals surface area contributed by atoms with Gasteiger partial charge in [0.1, 0.15) is 0 Å². The minimum Gasteiger partial charge on any atom is -0.469 e. The third-order valence-corrected chi connectivity index (χ3v) is 5.31. The summed E-state index contributed by atoms with van der Waals surface area (Å²) in [6.45, 7) is 3.28. The Morgan fingerprint density at radius 3 is 2.66 bits per heavy atom. The van der Waals surface area contributed by atoms with E-state index in [1.807, 2.05) is 42.2 Å². The molecule has 4 rings (SSSR count). The number of hydrogen-bond acceptors (Lipinski definition) is 6. The first kappa shape index (κ1) is 19.0. The number of methoxy groups -OCH3 is 1. The molecule has 8 heteroatoms. The average molecular weight is 393 g/mol. The van der Waals surface area contributed by atoms with Gasteiger partial charge < -0.3 is 9.64 Å². The Balaban J connectivity index is 1.38. The fraction of sp³-hybridized carbons (Fsp3) is 0.381. The van der Waals surface area contributed by atoms with Gasteiger partial charge in [0.2, 0.25) is 5.82 Å². The number of carbonyl (C=O) groups is 2. The van der Waals surface area contributed by atoms with E-state index in [0.29, 0.717) is 30.6 Å². The second-order valence-corrected chi connectivity index (χ2v) is 7.44. The van der Waals surface area contributed by atoms with Crippen molar-refractivity contribution in [3.05, 3.63) is 59.2 Å². The summed E-state index contributed by atoms with van der Waals surface area (Å²) < 4.78 is 6.34. The second-order valence-electron chi connectivity index (χ2n) is 7.44. The van der Waals surface area contributed by atoms with Crippen LogP contribution in [0.4, 0.5) is 0 Å². The van der Waals surface area contributed by atoms with Gasteiger partial charge in [-0.25, -0.2) is 4.98 Å². The second kappa shape index (κ2) is 7.98. The van der Waals surface area contributed by atoms with E-state index in [4.69, 9.17) is 4.74 Å². The minimum atomic E-state index is -0.242. The molecule has 0 bridgehead atoms. The predicted octanol–water partition coefficient (Wildman–Crippen LogP) is 1.85. The molecule has 29 heavy (non-hydrogen) atoms. The lowest BCUT2D eigenvalue weighted by Crippen LogP contribution is -2.30. The van der Waals surface area contributed by atoms with Gasteiger partial charge in [0, 0.05) is 25.0 Å². The standard InChI is InChI=1S/C21H23N5O3/c1-14-7-10-26-19(23-24-21(26)22-14)20(28)25-9-8-17(13-25)11-15-3-5-16(6-4-15)12-18(27)29-2/h3-7,10,17H,8-9,11-13H2,1-2H3. The first-order chi connectivity index (χ1) is 14.0. The number of aryl methyl sites for hydroxylation is 1. The van der Waals surface area contributed by atoms with E-state index in [-0.39, 0.29) is 18.3 Å². The van der Waals surface area contributed by atoms with Crippen molar-refractivity contribution in [2.24, 2.45) is 5.92 Å². The number of nitrogens with zero attached hydrogens (tertiary/aromatic N) is 5. The number of benzene rings is 1. The fourth-order valence-electron chi connectivity index (χ4n) is 3.71. The third-order valence-electron chi connectivity index (χ3n) is 5.31. The van der Waals surface area contributed by atoms with Gasteiger partial charge in [-0.2, -0.15) is 0 Å². The van der Waals surface area contributed by atoms with Crippen molar-refractivity contribution in [2.75, 3.05) is 20.2 Å². The molecule has 1 fully saturated rings. The summed E-state index contributed by atoms with van der Waals surface area (Å²) in [7, 11) is 1.39. The van der Waals surface area contributed by atoms with E-state index in [1.165, 1.54) is 12.7 Å². The molecule has 150 valence electrons. The van der Waals surface area contributed by atoms with Gasteiger partial charge in [-0.15, -0.1) is 10.2 Å². The Morgan fingerprint density at radius 2 is 1.90 bits per heavy atom. The van der Waals surface area contributed by atoms with Crippen LogP contribution in [0, 0.1) is 12.8 Å². The van der Waals surface area contributed by atoms with E-state index in [9.17, 15) is 9.59 Å². The molecule has 0 aliphatic carbocycles. The molecule has 0 spiro atoms. The highest BCUT2D eigenvalue weighted by molar-refractivity contribution is 5.91. The number of rotatable bonds is 5. The topological polar surface area (TPSA) is 89.7 Å². The van der Waals surface area contributed by atoms with Crippen molar-refractivity contribution in [1.82, 2.24) is 24.5 Å². The Bertz CT molecular complexity index is 1040. The summed E-state index contributed by atoms with van der Waals surface area (Å²) in [6, 6.07) is 9.85. The maximum absolute atomic E-state index is 12.9. The summed E-state index contributed by atoms with van der Waals surface area (Å²) in [5, 5.41) is 8.07. The van der Waals surface area contributed by atoms with Crippen LogP contribution in [-0.2, 0) is 22.4 Å². The Morgan fingerprint density at radius 1 is 1.14 bits per heavy atom. The van der Waals surface area contributed by atoms with Crippen LogP contribution in [-0.4, -0.2) is 56.6 Å². The molecular formula is C21H23N5O3. The predicted molar refractivity (Wildman–Crippen MR) is 105 cm³/mol. The molecule has 3 aromatic rings. The zero-order valence-corrected chi connectivity index (χ0v) is 16.5. The van der Waals surface area contributed by atoms with Crippen molar-refractivity contribution >= 4 is 17.7 Å². The number of ether oxygens (including phenoxy) is 1. The van der Waals surface area contributed by atoms with Gasteiger partial charge in [0.05, 0.1) is 13.5 Å². The Kier molecular flexibility index (Phi) is 5.24. The summed E-state index contributed by atoms with van der Waals surface area (Å²) in [6.07, 6.45) is 3.91. The van der Waals surface area contributed by atoms with Gasteiger partial charge in [-0.1, -0.05) is 24.3 Å². The number of likely N-dealkylation sites (tertiary alicyclic amines) is 1. The van der Waals surface area contributed by atoms with Crippen LogP contribution < -0.4 is 0 Å². The molecule has 1 amide bonds. The number of esters is 1. The molecule has 0 radical (unpaired) electrons. The van der Waals surface area contributed by atoms with Crippen LogP contribution in [0.5, 0.6) is 0 Å². The van der Waals surface area contributed by atoms with Gasteiger partial charge in [-0.3, -0.25) is 14.0 Å². The molecule has 1 aliphatic heterocycles. The van der Waals surface area contributed by atoms with Crippen LogP contribution in [0.3, 0.4) is 0 Å². The smallest absolute Gasteiger partial charge is 0.309 e. The molecule has 0 saturated carbocycles. The molecule has 8 nitrogen and oxygen atoms in total. The lowest BCUT2D eigenvalue weighted by Gasteiger charge is -2.15. The zero-order chi connectivity index (χ0) is 20.4. The minimum absolute atomic E-state index is 0.112. The van der Waals surface area contributed by atoms with Crippen molar-refractivity contribution < 1.29 is 14.3 Å². The first-order valence-electron chi connectivity index (χ1n) is 9.66. The number of aromatic nitrogens is 4. The number of carbonyl (C=O) groups excluding carboxylic acids is 2. The van der Waals surface area contributed by atoms with Gasteiger partial charge >= 0.3 is 5.97 Å². The lowest BCUT2D eigenvalue weighted by atomic mass is 9.97. The molecule has 1 atom stereocenters. The molecular weight excluding hydrogens is 370 g/mol. The highest BCUT2D eigenvalue weighted by atomic mass is 16.5. The maximum Gasteiger partial charge on any atom is 0.309 e. The van der Waals surface area contributed by atoms with Crippen LogP contribution in [0.25, 0.3) is 5.78 Å². The van der Waals surface area contributed by atoms with E-state index < -0.39 is 0 Å². The van der Waals surface area contributed by atoms with Crippen molar-refractivity contribution in [1.29, 1.82) is 0 Å². The largest absolute Gasteiger partial charge is 0.469 e. The van der Waals surface area contributed by atoms with Gasteiger partial charge in [0.15, 0.2) is 0 Å². The molecule has 1 aromatic carbocycles. The summed E-state index contributed by atoms with van der Waals surface area (Å²) in [5.74, 6) is 0.787. The number of amides is 1. The van der Waals surface area contributed by atoms with Crippen LogP contribution in [0.2, 0.25) is 0 Å². The van der Waals surface area contributed by atoms with Crippen molar-refractivity contribution in [3.8, 4) is 0 Å². The summed E-state index contributed by atoms with van der Waals surface area (Å²) in [4.78, 5) is 30.4. The van der Waals surface area contributed by atoms with Crippen LogP contribution >= 0.6 is 0 Å². The highest BCUT2D eigenvalue weighted by Gasteiger charge is 2.29. The van der Waals surface area contributed by atoms with Crippen molar-refractivity contribution in [3.63, 3.8) is 0 Å². The van der Waals surface area contributed by atoms with Gasteiger partial charge in [-0.05, 0) is 42.9 Å². The van der Waals surface area contributed by atoms with Crippen LogP contribution in [0.1, 0.15) is 33.9 Å². The Labute approximate surface area is 168 Å². The average Bonchev–Trinajstić information content (AvgIpc) is 3.35. The molecule has 1 unspecified atom stereocenters. The summed E-state index contributed by atoms with van der Waals surface area (Å²) >= 11 is 0. The summed E-state index contributed by atoms with van der Waals surface area (Å²) in [5.41, 5.74) is 2.97. The van der Waals surface area contributed by atoms with Crippen LogP contribution in [0.15, 0.2) is 36.5 Å². The molecule has 1 aliphatic rings. The van der Waals surface area contributed by atoms with E-state index in [2.05, 4.69) is 15.2 Å². The monoisotopic (exact) mass is 393 g/mol. The number of fused-ring (bicyclic) bond motifs is 1. The maximum atomic E-state index is 12.9. The SMILES string of the molecule is COC(=O)Cc1ccc(CC2CCN(C(=O)c3nnc4nc(C)ccn34)C2)cc1. The quantitative estimate of drug-likeness (QED) is 0.615. The van der Waals surface area contributed by atoms with E-state index in [1.54, 1.807) is 10.6 Å². The molecule has 2 aromatic heterocycles. The number of hydrogen-bond donors (Lipinski definition) is 0. The van der Waals surface area contributed by atoms with E-state index in [0.717, 1.165) is 24.1 Å². The Hall–Kier alpha value is -3.29. The molecule has 0 N–H and O–H groups in total.